The fourth-order valence-corrected chi connectivity index (χ4v) is 2.20. The minimum Gasteiger partial charge on any atom is -0.292 e. The van der Waals surface area contributed by atoms with Crippen molar-refractivity contribution in [3.8, 4) is 0 Å². The second-order valence-electron chi connectivity index (χ2n) is 4.37. The van der Waals surface area contributed by atoms with Gasteiger partial charge in [-0.3, -0.25) is 19.5 Å². The van der Waals surface area contributed by atoms with Gasteiger partial charge in [-0.15, -0.1) is 0 Å². The number of hydrogen-bond acceptors (Lipinski definition) is 4. The van der Waals surface area contributed by atoms with E-state index in [0.29, 0.717) is 17.0 Å². The molecule has 1 heterocycles. The van der Waals surface area contributed by atoms with Gasteiger partial charge in [0.15, 0.2) is 0 Å². The normalized spacial score (nSPS) is 10.6. The van der Waals surface area contributed by atoms with Crippen LogP contribution in [0.3, 0.4) is 0 Å². The Bertz CT molecular complexity index is 740. The summed E-state index contributed by atoms with van der Waals surface area (Å²) < 4.78 is 1.43. The first kappa shape index (κ1) is 14.2. The molecule has 0 aliphatic heterocycles. The van der Waals surface area contributed by atoms with Gasteiger partial charge in [-0.1, -0.05) is 23.7 Å². The molecule has 0 fully saturated rings. The molecule has 0 spiro atoms. The number of benzene rings is 1. The molecule has 1 aromatic heterocycles. The van der Waals surface area contributed by atoms with E-state index in [1.54, 1.807) is 26.0 Å². The maximum atomic E-state index is 11.9. The van der Waals surface area contributed by atoms with Crippen molar-refractivity contribution in [1.29, 1.82) is 0 Å². The fraction of sp³-hybridized carbons (Fsp3) is 0.231. The highest BCUT2D eigenvalue weighted by atomic mass is 35.5. The second-order valence-corrected chi connectivity index (χ2v) is 4.76. The van der Waals surface area contributed by atoms with E-state index in [2.05, 4.69) is 4.98 Å². The Morgan fingerprint density at radius 1 is 1.40 bits per heavy atom. The molecule has 0 unspecified atom stereocenters. The summed E-state index contributed by atoms with van der Waals surface area (Å²) in [7, 11) is 0. The molecule has 0 radical (unpaired) electrons. The first-order valence-corrected chi connectivity index (χ1v) is 6.25. The van der Waals surface area contributed by atoms with Crippen LogP contribution in [0, 0.1) is 24.0 Å². The van der Waals surface area contributed by atoms with Crippen LogP contribution in [0.15, 0.2) is 29.1 Å². The lowest BCUT2D eigenvalue weighted by molar-refractivity contribution is -0.385. The minimum absolute atomic E-state index is 0.0372. The van der Waals surface area contributed by atoms with Gasteiger partial charge in [-0.25, -0.2) is 4.98 Å². The van der Waals surface area contributed by atoms with Crippen LogP contribution >= 0.6 is 11.6 Å². The maximum absolute atomic E-state index is 11.9. The summed E-state index contributed by atoms with van der Waals surface area (Å²) in [6.45, 7) is 3.56. The lowest BCUT2D eigenvalue weighted by Crippen LogP contribution is -2.23. The Labute approximate surface area is 119 Å². The Balaban J connectivity index is 2.49. The molecular weight excluding hydrogens is 282 g/mol. The van der Waals surface area contributed by atoms with Gasteiger partial charge < -0.3 is 0 Å². The van der Waals surface area contributed by atoms with Crippen LogP contribution in [0.1, 0.15) is 17.0 Å². The molecule has 0 atom stereocenters. The Hall–Kier alpha value is -2.21. The largest absolute Gasteiger partial charge is 0.292 e. The van der Waals surface area contributed by atoms with Gasteiger partial charge in [0.2, 0.25) is 0 Å². The third kappa shape index (κ3) is 2.70. The van der Waals surface area contributed by atoms with Crippen LogP contribution in [0.2, 0.25) is 5.15 Å². The summed E-state index contributed by atoms with van der Waals surface area (Å²) in [5.41, 5.74) is 0.996. The van der Waals surface area contributed by atoms with Crippen molar-refractivity contribution in [3.05, 3.63) is 66.8 Å². The minimum atomic E-state index is -0.436. The van der Waals surface area contributed by atoms with Crippen LogP contribution < -0.4 is 5.56 Å². The van der Waals surface area contributed by atoms with Crippen molar-refractivity contribution in [2.24, 2.45) is 0 Å². The average molecular weight is 294 g/mol. The zero-order chi connectivity index (χ0) is 14.9. The topological polar surface area (TPSA) is 78.0 Å². The molecule has 2 rings (SSSR count). The fourth-order valence-electron chi connectivity index (χ4n) is 1.99. The van der Waals surface area contributed by atoms with Gasteiger partial charge in [-0.2, -0.15) is 0 Å². The molecule has 6 nitrogen and oxygen atoms in total. The van der Waals surface area contributed by atoms with E-state index in [4.69, 9.17) is 11.6 Å². The number of hydrogen-bond donors (Lipinski definition) is 0. The molecule has 0 bridgehead atoms. The highest BCUT2D eigenvalue weighted by Gasteiger charge is 2.14. The number of rotatable bonds is 3. The van der Waals surface area contributed by atoms with Crippen LogP contribution in [-0.4, -0.2) is 14.5 Å². The molecule has 0 amide bonds. The van der Waals surface area contributed by atoms with Crippen LogP contribution in [-0.2, 0) is 6.54 Å². The van der Waals surface area contributed by atoms with E-state index in [9.17, 15) is 14.9 Å². The van der Waals surface area contributed by atoms with Crippen molar-refractivity contribution in [3.63, 3.8) is 0 Å². The van der Waals surface area contributed by atoms with E-state index in [-0.39, 0.29) is 22.9 Å². The number of aromatic nitrogens is 2. The number of halogens is 1. The number of nitrogens with zero attached hydrogens (tertiary/aromatic N) is 3. The third-order valence-electron chi connectivity index (χ3n) is 3.11. The lowest BCUT2D eigenvalue weighted by atomic mass is 10.1. The zero-order valence-corrected chi connectivity index (χ0v) is 11.7. The molecule has 2 aromatic rings. The van der Waals surface area contributed by atoms with Gasteiger partial charge in [0.05, 0.1) is 11.5 Å². The van der Waals surface area contributed by atoms with Crippen molar-refractivity contribution < 1.29 is 4.92 Å². The van der Waals surface area contributed by atoms with Crippen molar-refractivity contribution in [2.75, 3.05) is 0 Å². The second kappa shape index (κ2) is 5.42. The molecule has 1 aromatic carbocycles. The maximum Gasteiger partial charge on any atom is 0.272 e. The first-order chi connectivity index (χ1) is 9.40. The zero-order valence-electron chi connectivity index (χ0n) is 11.0. The van der Waals surface area contributed by atoms with Crippen molar-refractivity contribution in [1.82, 2.24) is 9.55 Å². The van der Waals surface area contributed by atoms with Crippen molar-refractivity contribution in [2.45, 2.75) is 20.4 Å². The summed E-state index contributed by atoms with van der Waals surface area (Å²) in [5, 5.41) is 11.1. The van der Waals surface area contributed by atoms with Gasteiger partial charge in [-0.05, 0) is 19.4 Å². The summed E-state index contributed by atoms with van der Waals surface area (Å²) in [6.07, 6.45) is 0. The summed E-state index contributed by atoms with van der Waals surface area (Å²) in [5.74, 6) is 0.466. The molecular formula is C13H12ClN3O3. The molecule has 20 heavy (non-hydrogen) atoms. The predicted octanol–water partition coefficient (Wildman–Crippen LogP) is 2.47. The van der Waals surface area contributed by atoms with Gasteiger partial charge in [0.1, 0.15) is 11.0 Å². The molecule has 0 aliphatic rings. The highest BCUT2D eigenvalue weighted by molar-refractivity contribution is 6.29. The quantitative estimate of drug-likeness (QED) is 0.495. The summed E-state index contributed by atoms with van der Waals surface area (Å²) in [6, 6.07) is 6.02. The Morgan fingerprint density at radius 2 is 2.10 bits per heavy atom. The number of nitro groups is 1. The Morgan fingerprint density at radius 3 is 2.70 bits per heavy atom. The molecule has 104 valence electrons. The molecule has 0 saturated carbocycles. The highest BCUT2D eigenvalue weighted by Crippen LogP contribution is 2.21. The smallest absolute Gasteiger partial charge is 0.272 e. The first-order valence-electron chi connectivity index (χ1n) is 5.87. The van der Waals surface area contributed by atoms with Crippen LogP contribution in [0.25, 0.3) is 0 Å². The van der Waals surface area contributed by atoms with Gasteiger partial charge in [0.25, 0.3) is 11.2 Å². The van der Waals surface area contributed by atoms with Gasteiger partial charge >= 0.3 is 0 Å². The third-order valence-corrected chi connectivity index (χ3v) is 3.30. The lowest BCUT2D eigenvalue weighted by Gasteiger charge is -2.11. The molecule has 7 heteroatoms. The number of nitro benzene ring substituents is 1. The predicted molar refractivity (Wildman–Crippen MR) is 75.2 cm³/mol. The molecule has 0 saturated heterocycles. The van der Waals surface area contributed by atoms with E-state index >= 15 is 0 Å². The number of aryl methyl sites for hydroxylation is 1. The van der Waals surface area contributed by atoms with Gasteiger partial charge in [0, 0.05) is 17.7 Å². The van der Waals surface area contributed by atoms with E-state index in [1.165, 1.54) is 16.7 Å². The average Bonchev–Trinajstić information content (AvgIpc) is 2.35. The molecule has 0 aliphatic carbocycles. The Kier molecular flexibility index (Phi) is 3.85. The van der Waals surface area contributed by atoms with E-state index in [0.717, 1.165) is 0 Å². The monoisotopic (exact) mass is 293 g/mol. The van der Waals surface area contributed by atoms with Crippen LogP contribution in [0.4, 0.5) is 5.69 Å². The SMILES string of the molecule is Cc1c(Cn2c(C)nc(Cl)cc2=O)cccc1[N+](=O)[O-]. The summed E-state index contributed by atoms with van der Waals surface area (Å²) in [4.78, 5) is 26.4. The van der Waals surface area contributed by atoms with Crippen LogP contribution in [0.5, 0.6) is 0 Å². The van der Waals surface area contributed by atoms with E-state index in [1.807, 2.05) is 0 Å². The molecule has 0 N–H and O–H groups in total. The standard InChI is InChI=1S/C13H12ClN3O3/c1-8-10(4-3-5-11(8)17(19)20)7-16-9(2)15-12(14)6-13(16)18/h3-6H,7H2,1-2H3. The van der Waals surface area contributed by atoms with E-state index < -0.39 is 4.92 Å². The van der Waals surface area contributed by atoms with Crippen molar-refractivity contribution >= 4 is 17.3 Å². The summed E-state index contributed by atoms with van der Waals surface area (Å²) >= 11 is 5.71.